The van der Waals surface area contributed by atoms with E-state index in [9.17, 15) is 0 Å². The Labute approximate surface area is 82.7 Å². The minimum atomic E-state index is 0.522. The fourth-order valence-corrected chi connectivity index (χ4v) is 2.17. The van der Waals surface area contributed by atoms with Crippen molar-refractivity contribution in [2.75, 3.05) is 33.2 Å². The van der Waals surface area contributed by atoms with Crippen molar-refractivity contribution in [2.24, 2.45) is 11.3 Å². The van der Waals surface area contributed by atoms with Crippen LogP contribution in [0, 0.1) is 11.3 Å². The molecule has 13 heavy (non-hydrogen) atoms. The van der Waals surface area contributed by atoms with Crippen molar-refractivity contribution in [1.29, 1.82) is 0 Å². The van der Waals surface area contributed by atoms with Gasteiger partial charge >= 0.3 is 0 Å². The van der Waals surface area contributed by atoms with Crippen LogP contribution in [-0.2, 0) is 0 Å². The third kappa shape index (κ3) is 2.68. The predicted molar refractivity (Wildman–Crippen MR) is 57.9 cm³/mol. The molecular weight excluding hydrogens is 160 g/mol. The van der Waals surface area contributed by atoms with Gasteiger partial charge in [0.1, 0.15) is 0 Å². The first-order valence-corrected chi connectivity index (χ1v) is 5.47. The van der Waals surface area contributed by atoms with Crippen LogP contribution in [-0.4, -0.2) is 38.1 Å². The highest BCUT2D eigenvalue weighted by atomic mass is 15.1. The van der Waals surface area contributed by atoms with Crippen LogP contribution >= 0.6 is 0 Å². The van der Waals surface area contributed by atoms with E-state index in [1.807, 2.05) is 0 Å². The Bertz CT molecular complexity index is 154. The van der Waals surface area contributed by atoms with Gasteiger partial charge in [-0.1, -0.05) is 20.8 Å². The smallest absolute Gasteiger partial charge is 0.00268 e. The molecule has 1 aliphatic heterocycles. The van der Waals surface area contributed by atoms with Crippen LogP contribution in [0.25, 0.3) is 0 Å². The molecule has 1 fully saturated rings. The monoisotopic (exact) mass is 184 g/mol. The third-order valence-electron chi connectivity index (χ3n) is 3.55. The second-order valence-corrected chi connectivity index (χ2v) is 4.89. The Kier molecular flexibility index (Phi) is 3.74. The quantitative estimate of drug-likeness (QED) is 0.716. The van der Waals surface area contributed by atoms with Crippen molar-refractivity contribution >= 4 is 0 Å². The lowest BCUT2D eigenvalue weighted by Crippen LogP contribution is -2.47. The first kappa shape index (κ1) is 11.0. The molecule has 0 bridgehead atoms. The van der Waals surface area contributed by atoms with Crippen molar-refractivity contribution < 1.29 is 0 Å². The maximum Gasteiger partial charge on any atom is 0.00268 e. The van der Waals surface area contributed by atoms with Gasteiger partial charge in [0.15, 0.2) is 0 Å². The number of piperidine rings is 1. The van der Waals surface area contributed by atoms with Crippen LogP contribution in [0.3, 0.4) is 0 Å². The molecule has 2 nitrogen and oxygen atoms in total. The van der Waals surface area contributed by atoms with Crippen molar-refractivity contribution in [3.05, 3.63) is 0 Å². The first-order chi connectivity index (χ1) is 6.10. The first-order valence-electron chi connectivity index (χ1n) is 5.47. The molecule has 0 amide bonds. The van der Waals surface area contributed by atoms with E-state index >= 15 is 0 Å². The van der Waals surface area contributed by atoms with E-state index in [0.717, 1.165) is 12.5 Å². The van der Waals surface area contributed by atoms with Gasteiger partial charge in [-0.25, -0.2) is 0 Å². The lowest BCUT2D eigenvalue weighted by atomic mass is 9.73. The zero-order valence-electron chi connectivity index (χ0n) is 9.56. The molecule has 1 unspecified atom stereocenters. The molecule has 0 aliphatic carbocycles. The van der Waals surface area contributed by atoms with E-state index in [1.165, 1.54) is 26.1 Å². The van der Waals surface area contributed by atoms with E-state index in [-0.39, 0.29) is 0 Å². The number of likely N-dealkylation sites (tertiary alicyclic amines) is 1. The molecule has 78 valence electrons. The summed E-state index contributed by atoms with van der Waals surface area (Å²) in [5.74, 6) is 0.811. The summed E-state index contributed by atoms with van der Waals surface area (Å²) < 4.78 is 0. The van der Waals surface area contributed by atoms with E-state index in [4.69, 9.17) is 0 Å². The summed E-state index contributed by atoms with van der Waals surface area (Å²) >= 11 is 0. The maximum absolute atomic E-state index is 3.31. The summed E-state index contributed by atoms with van der Waals surface area (Å²) in [6.07, 6.45) is 1.34. The van der Waals surface area contributed by atoms with Gasteiger partial charge in [0.05, 0.1) is 0 Å². The second kappa shape index (κ2) is 4.43. The number of rotatable bonds is 3. The second-order valence-electron chi connectivity index (χ2n) is 4.89. The van der Waals surface area contributed by atoms with Gasteiger partial charge < -0.3 is 10.2 Å². The predicted octanol–water partition coefficient (Wildman–Crippen LogP) is 1.57. The summed E-state index contributed by atoms with van der Waals surface area (Å²) in [5.41, 5.74) is 0.522. The van der Waals surface area contributed by atoms with Crippen LogP contribution in [0.1, 0.15) is 27.2 Å². The van der Waals surface area contributed by atoms with Crippen LogP contribution < -0.4 is 5.32 Å². The topological polar surface area (TPSA) is 15.3 Å². The molecule has 1 aliphatic rings. The molecule has 0 aromatic rings. The fraction of sp³-hybridized carbons (Fsp3) is 1.00. The zero-order valence-corrected chi connectivity index (χ0v) is 9.56. The summed E-state index contributed by atoms with van der Waals surface area (Å²) in [6.45, 7) is 12.0. The van der Waals surface area contributed by atoms with E-state index in [2.05, 4.69) is 38.0 Å². The summed E-state index contributed by atoms with van der Waals surface area (Å²) in [4.78, 5) is 2.56. The van der Waals surface area contributed by atoms with Gasteiger partial charge in [0.2, 0.25) is 0 Å². The molecule has 1 N–H and O–H groups in total. The molecule has 0 spiro atoms. The van der Waals surface area contributed by atoms with Gasteiger partial charge in [0, 0.05) is 6.54 Å². The van der Waals surface area contributed by atoms with Crippen LogP contribution in [0.2, 0.25) is 0 Å². The van der Waals surface area contributed by atoms with Crippen LogP contribution in [0.5, 0.6) is 0 Å². The molecule has 0 aromatic carbocycles. The highest BCUT2D eigenvalue weighted by molar-refractivity contribution is 4.87. The maximum atomic E-state index is 3.31. The molecule has 1 saturated heterocycles. The zero-order chi connectivity index (χ0) is 9.90. The molecule has 1 heterocycles. The average molecular weight is 184 g/mol. The summed E-state index contributed by atoms with van der Waals surface area (Å²) in [5, 5.41) is 3.31. The molecule has 0 saturated carbocycles. The van der Waals surface area contributed by atoms with Gasteiger partial charge in [-0.2, -0.15) is 0 Å². The highest BCUT2D eigenvalue weighted by Crippen LogP contribution is 2.34. The molecular formula is C11H24N2. The van der Waals surface area contributed by atoms with Crippen molar-refractivity contribution in [3.63, 3.8) is 0 Å². The molecule has 1 rings (SSSR count). The Balaban J connectivity index is 2.52. The molecule has 2 heteroatoms. The van der Waals surface area contributed by atoms with Crippen molar-refractivity contribution in [2.45, 2.75) is 27.2 Å². The average Bonchev–Trinajstić information content (AvgIpc) is 2.09. The number of nitrogens with one attached hydrogen (secondary N) is 1. The van der Waals surface area contributed by atoms with Crippen molar-refractivity contribution in [1.82, 2.24) is 10.2 Å². The van der Waals surface area contributed by atoms with Crippen molar-refractivity contribution in [3.8, 4) is 0 Å². The van der Waals surface area contributed by atoms with E-state index in [0.29, 0.717) is 5.41 Å². The Morgan fingerprint density at radius 1 is 1.46 bits per heavy atom. The van der Waals surface area contributed by atoms with Gasteiger partial charge in [-0.05, 0) is 44.4 Å². The van der Waals surface area contributed by atoms with Gasteiger partial charge in [0.25, 0.3) is 0 Å². The van der Waals surface area contributed by atoms with Crippen LogP contribution in [0.4, 0.5) is 0 Å². The normalized spacial score (nSPS) is 29.1. The Hall–Kier alpha value is -0.0800. The summed E-state index contributed by atoms with van der Waals surface area (Å²) in [7, 11) is 2.06. The van der Waals surface area contributed by atoms with Gasteiger partial charge in [-0.15, -0.1) is 0 Å². The third-order valence-corrected chi connectivity index (χ3v) is 3.55. The van der Waals surface area contributed by atoms with Gasteiger partial charge in [-0.3, -0.25) is 0 Å². The largest absolute Gasteiger partial charge is 0.319 e. The van der Waals surface area contributed by atoms with E-state index < -0.39 is 0 Å². The number of hydrogen-bond donors (Lipinski definition) is 1. The standard InChI is InChI=1S/C11H24N2/c1-5-13-7-6-11(2,3)10(9-13)8-12-4/h10,12H,5-9H2,1-4H3. The lowest BCUT2D eigenvalue weighted by Gasteiger charge is -2.43. The lowest BCUT2D eigenvalue weighted by molar-refractivity contribution is 0.0645. The molecule has 0 aromatic heterocycles. The summed E-state index contributed by atoms with van der Waals surface area (Å²) in [6, 6.07) is 0. The minimum absolute atomic E-state index is 0.522. The van der Waals surface area contributed by atoms with Crippen LogP contribution in [0.15, 0.2) is 0 Å². The molecule has 1 atom stereocenters. The Morgan fingerprint density at radius 2 is 2.15 bits per heavy atom. The minimum Gasteiger partial charge on any atom is -0.319 e. The number of nitrogens with zero attached hydrogens (tertiary/aromatic N) is 1. The fourth-order valence-electron chi connectivity index (χ4n) is 2.17. The number of hydrogen-bond acceptors (Lipinski definition) is 2. The van der Waals surface area contributed by atoms with E-state index in [1.54, 1.807) is 0 Å². The highest BCUT2D eigenvalue weighted by Gasteiger charge is 2.34. The SMILES string of the molecule is CCN1CCC(C)(C)C(CNC)C1. The Morgan fingerprint density at radius 3 is 2.69 bits per heavy atom. The molecule has 0 radical (unpaired) electrons.